The summed E-state index contributed by atoms with van der Waals surface area (Å²) in [5, 5.41) is 1.74. The summed E-state index contributed by atoms with van der Waals surface area (Å²) in [7, 11) is 0. The topological polar surface area (TPSA) is 65.4 Å². The summed E-state index contributed by atoms with van der Waals surface area (Å²) in [6, 6.07) is 15.5. The summed E-state index contributed by atoms with van der Waals surface area (Å²) in [5.41, 5.74) is 3.01. The molecule has 30 heavy (non-hydrogen) atoms. The molecule has 0 saturated carbocycles. The molecule has 1 N–H and O–H groups in total. The number of benzene rings is 1. The summed E-state index contributed by atoms with van der Waals surface area (Å²) >= 11 is 6.07. The Kier molecular flexibility index (Phi) is 5.02. The van der Waals surface area contributed by atoms with Crippen LogP contribution in [0.1, 0.15) is 11.5 Å². The lowest BCUT2D eigenvalue weighted by Crippen LogP contribution is -2.49. The van der Waals surface area contributed by atoms with Gasteiger partial charge in [0.2, 0.25) is 5.91 Å². The fourth-order valence-electron chi connectivity index (χ4n) is 3.86. The van der Waals surface area contributed by atoms with E-state index in [1.54, 1.807) is 6.20 Å². The Bertz CT molecular complexity index is 1170. The third kappa shape index (κ3) is 3.97. The normalized spacial score (nSPS) is 15.2. The van der Waals surface area contributed by atoms with Crippen LogP contribution in [-0.2, 0) is 17.9 Å². The van der Waals surface area contributed by atoms with Gasteiger partial charge in [-0.2, -0.15) is 0 Å². The zero-order valence-electron chi connectivity index (χ0n) is 16.3. The van der Waals surface area contributed by atoms with E-state index < -0.39 is 0 Å². The van der Waals surface area contributed by atoms with Crippen molar-refractivity contribution in [3.8, 4) is 11.3 Å². The van der Waals surface area contributed by atoms with E-state index in [0.29, 0.717) is 31.2 Å². The molecule has 1 aliphatic heterocycles. The number of H-pyrrole nitrogens is 1. The number of fused-ring (bicyclic) bond motifs is 1. The molecule has 7 heteroatoms. The summed E-state index contributed by atoms with van der Waals surface area (Å²) in [6.07, 6.45) is 3.59. The van der Waals surface area contributed by atoms with Crippen molar-refractivity contribution < 1.29 is 9.21 Å². The number of amides is 1. The van der Waals surface area contributed by atoms with Gasteiger partial charge in [0, 0.05) is 52.7 Å². The van der Waals surface area contributed by atoms with Gasteiger partial charge in [-0.05, 0) is 36.4 Å². The fraction of sp³-hybridized carbons (Fsp3) is 0.217. The van der Waals surface area contributed by atoms with Crippen LogP contribution in [0.3, 0.4) is 0 Å². The molecule has 0 aliphatic carbocycles. The largest absolute Gasteiger partial charge is 0.460 e. The Morgan fingerprint density at radius 1 is 1.10 bits per heavy atom. The molecule has 1 fully saturated rings. The first-order valence-electron chi connectivity index (χ1n) is 9.90. The Hall–Kier alpha value is -3.09. The highest BCUT2D eigenvalue weighted by Gasteiger charge is 2.25. The molecule has 0 bridgehead atoms. The smallest absolute Gasteiger partial charge is 0.237 e. The number of hydrogen-bond acceptors (Lipinski definition) is 4. The molecule has 1 aliphatic rings. The maximum atomic E-state index is 12.7. The Balaban J connectivity index is 1.20. The van der Waals surface area contributed by atoms with Gasteiger partial charge in [-0.25, -0.2) is 0 Å². The first kappa shape index (κ1) is 18.9. The molecule has 0 radical (unpaired) electrons. The van der Waals surface area contributed by atoms with Gasteiger partial charge in [-0.3, -0.25) is 14.7 Å². The first-order valence-corrected chi connectivity index (χ1v) is 10.3. The molecule has 4 heterocycles. The van der Waals surface area contributed by atoms with Crippen LogP contribution >= 0.6 is 11.6 Å². The van der Waals surface area contributed by atoms with E-state index in [1.807, 2.05) is 53.6 Å². The Morgan fingerprint density at radius 2 is 2.03 bits per heavy atom. The number of carbonyl (C=O) groups excluding carboxylic acids is 1. The molecule has 152 valence electrons. The number of aromatic nitrogens is 2. The van der Waals surface area contributed by atoms with Gasteiger partial charge in [-0.1, -0.05) is 23.7 Å². The first-order chi connectivity index (χ1) is 14.6. The minimum atomic E-state index is 0.125. The fourth-order valence-corrected chi connectivity index (χ4v) is 4.05. The van der Waals surface area contributed by atoms with Crippen molar-refractivity contribution in [1.82, 2.24) is 19.8 Å². The van der Waals surface area contributed by atoms with Crippen LogP contribution in [-0.4, -0.2) is 45.3 Å². The molecule has 1 amide bonds. The van der Waals surface area contributed by atoms with Gasteiger partial charge in [0.25, 0.3) is 0 Å². The van der Waals surface area contributed by atoms with Gasteiger partial charge in [0.15, 0.2) is 0 Å². The van der Waals surface area contributed by atoms with E-state index >= 15 is 0 Å². The maximum Gasteiger partial charge on any atom is 0.237 e. The van der Waals surface area contributed by atoms with Gasteiger partial charge >= 0.3 is 0 Å². The van der Waals surface area contributed by atoms with E-state index in [0.717, 1.165) is 40.2 Å². The minimum absolute atomic E-state index is 0.125. The van der Waals surface area contributed by atoms with E-state index in [2.05, 4.69) is 20.9 Å². The summed E-state index contributed by atoms with van der Waals surface area (Å²) < 4.78 is 5.98. The van der Waals surface area contributed by atoms with E-state index in [9.17, 15) is 4.79 Å². The SMILES string of the molecule is O=C1CN(Cc2ccc(-c3cccc(Cl)c3)o2)CCN1Cc1cc2cnccc2[nH]1. The van der Waals surface area contributed by atoms with Gasteiger partial charge in [0.1, 0.15) is 11.5 Å². The molecule has 5 rings (SSSR count). The second-order valence-corrected chi connectivity index (χ2v) is 8.00. The van der Waals surface area contributed by atoms with Crippen molar-refractivity contribution in [1.29, 1.82) is 0 Å². The standard InChI is InChI=1S/C23H21ClN4O2/c24-18-3-1-2-16(10-18)22-5-4-20(30-22)14-27-8-9-28(23(29)15-27)13-19-11-17-12-25-7-6-21(17)26-19/h1-7,10-12,26H,8-9,13-15H2. The molecule has 1 saturated heterocycles. The number of aromatic amines is 1. The van der Waals surface area contributed by atoms with Gasteiger partial charge in [0.05, 0.1) is 19.6 Å². The van der Waals surface area contributed by atoms with Crippen LogP contribution < -0.4 is 0 Å². The lowest BCUT2D eigenvalue weighted by molar-refractivity contribution is -0.137. The van der Waals surface area contributed by atoms with Crippen molar-refractivity contribution in [2.24, 2.45) is 0 Å². The van der Waals surface area contributed by atoms with Crippen LogP contribution in [0.15, 0.2) is 65.3 Å². The summed E-state index contributed by atoms with van der Waals surface area (Å²) in [4.78, 5) is 24.2. The molecule has 0 atom stereocenters. The number of hydrogen-bond donors (Lipinski definition) is 1. The van der Waals surface area contributed by atoms with Gasteiger partial charge < -0.3 is 14.3 Å². The van der Waals surface area contributed by atoms with Crippen LogP contribution in [0.25, 0.3) is 22.2 Å². The average molecular weight is 421 g/mol. The maximum absolute atomic E-state index is 12.7. The third-order valence-corrected chi connectivity index (χ3v) is 5.62. The van der Waals surface area contributed by atoms with E-state index in [-0.39, 0.29) is 5.91 Å². The quantitative estimate of drug-likeness (QED) is 0.522. The van der Waals surface area contributed by atoms with Crippen LogP contribution in [0.5, 0.6) is 0 Å². The number of rotatable bonds is 5. The molecular formula is C23H21ClN4O2. The Morgan fingerprint density at radius 3 is 2.87 bits per heavy atom. The predicted molar refractivity (Wildman–Crippen MR) is 116 cm³/mol. The van der Waals surface area contributed by atoms with Crippen LogP contribution in [0.2, 0.25) is 5.02 Å². The average Bonchev–Trinajstić information content (AvgIpc) is 3.36. The summed E-state index contributed by atoms with van der Waals surface area (Å²) in [6.45, 7) is 3.07. The second kappa shape index (κ2) is 7.97. The number of carbonyl (C=O) groups is 1. The van der Waals surface area contributed by atoms with Crippen LogP contribution in [0.4, 0.5) is 0 Å². The molecule has 4 aromatic rings. The number of piperazine rings is 1. The third-order valence-electron chi connectivity index (χ3n) is 5.39. The highest BCUT2D eigenvalue weighted by Crippen LogP contribution is 2.25. The molecule has 0 unspecified atom stereocenters. The number of halogens is 1. The second-order valence-electron chi connectivity index (χ2n) is 7.56. The van der Waals surface area contributed by atoms with Crippen LogP contribution in [0, 0.1) is 0 Å². The molecule has 1 aromatic carbocycles. The van der Waals surface area contributed by atoms with E-state index in [4.69, 9.17) is 16.0 Å². The highest BCUT2D eigenvalue weighted by atomic mass is 35.5. The zero-order chi connectivity index (χ0) is 20.5. The van der Waals surface area contributed by atoms with Crippen molar-refractivity contribution >= 4 is 28.4 Å². The molecule has 3 aromatic heterocycles. The van der Waals surface area contributed by atoms with Gasteiger partial charge in [-0.15, -0.1) is 0 Å². The lowest BCUT2D eigenvalue weighted by atomic mass is 10.2. The van der Waals surface area contributed by atoms with Crippen molar-refractivity contribution in [3.63, 3.8) is 0 Å². The number of pyridine rings is 1. The zero-order valence-corrected chi connectivity index (χ0v) is 17.1. The molecule has 0 spiro atoms. The van der Waals surface area contributed by atoms with Crippen molar-refractivity contribution in [2.75, 3.05) is 19.6 Å². The van der Waals surface area contributed by atoms with Crippen molar-refractivity contribution in [2.45, 2.75) is 13.1 Å². The highest BCUT2D eigenvalue weighted by molar-refractivity contribution is 6.30. The van der Waals surface area contributed by atoms with Crippen molar-refractivity contribution in [3.05, 3.63) is 77.4 Å². The number of furan rings is 1. The number of nitrogens with zero attached hydrogens (tertiary/aromatic N) is 3. The lowest BCUT2D eigenvalue weighted by Gasteiger charge is -2.33. The molecular weight excluding hydrogens is 400 g/mol. The predicted octanol–water partition coefficient (Wildman–Crippen LogP) is 4.32. The van der Waals surface area contributed by atoms with E-state index in [1.165, 1.54) is 0 Å². The summed E-state index contributed by atoms with van der Waals surface area (Å²) in [5.74, 6) is 1.75. The number of nitrogens with one attached hydrogen (secondary N) is 1. The monoisotopic (exact) mass is 420 g/mol. The molecule has 6 nitrogen and oxygen atoms in total. The Labute approximate surface area is 179 Å². The minimum Gasteiger partial charge on any atom is -0.460 e.